The van der Waals surface area contributed by atoms with Crippen LogP contribution in [0.2, 0.25) is 5.02 Å². The highest BCUT2D eigenvalue weighted by molar-refractivity contribution is 9.10. The number of amides is 1. The second kappa shape index (κ2) is 5.71. The number of hydrogen-bond donors (Lipinski definition) is 2. The molecular formula is C13H13BrClNO4. The Hall–Kier alpha value is -1.11. The third-order valence-electron chi connectivity index (χ3n) is 3.44. The van der Waals surface area contributed by atoms with Crippen LogP contribution in [0, 0.1) is 0 Å². The fourth-order valence-electron chi connectivity index (χ4n) is 2.13. The van der Waals surface area contributed by atoms with Crippen molar-refractivity contribution in [3.8, 4) is 0 Å². The molecule has 2 N–H and O–H groups in total. The molecule has 1 aliphatic rings. The van der Waals surface area contributed by atoms with E-state index in [4.69, 9.17) is 16.7 Å². The van der Waals surface area contributed by atoms with Gasteiger partial charge in [0.05, 0.1) is 10.6 Å². The molecule has 5 nitrogen and oxygen atoms in total. The van der Waals surface area contributed by atoms with Crippen molar-refractivity contribution in [2.75, 3.05) is 13.1 Å². The van der Waals surface area contributed by atoms with E-state index in [2.05, 4.69) is 15.9 Å². The number of aliphatic hydroxyl groups is 1. The second-order valence-corrected chi connectivity index (χ2v) is 6.08. The maximum atomic E-state index is 12.3. The molecule has 0 atom stereocenters. The molecule has 20 heavy (non-hydrogen) atoms. The van der Waals surface area contributed by atoms with Crippen LogP contribution in [0.4, 0.5) is 0 Å². The predicted octanol–water partition coefficient (Wildman–Crippen LogP) is 2.15. The number of halogens is 2. The minimum Gasteiger partial charge on any atom is -0.479 e. The van der Waals surface area contributed by atoms with E-state index in [1.807, 2.05) is 0 Å². The van der Waals surface area contributed by atoms with Crippen LogP contribution < -0.4 is 0 Å². The summed E-state index contributed by atoms with van der Waals surface area (Å²) in [5.41, 5.74) is -1.36. The van der Waals surface area contributed by atoms with Crippen molar-refractivity contribution in [1.82, 2.24) is 4.90 Å². The first-order valence-electron chi connectivity index (χ1n) is 6.03. The first-order chi connectivity index (χ1) is 9.33. The Morgan fingerprint density at radius 3 is 2.40 bits per heavy atom. The number of likely N-dealkylation sites (tertiary alicyclic amines) is 1. The van der Waals surface area contributed by atoms with E-state index >= 15 is 0 Å². The molecule has 108 valence electrons. The number of carbonyl (C=O) groups excluding carboxylic acids is 1. The Kier molecular flexibility index (Phi) is 4.36. The maximum Gasteiger partial charge on any atom is 0.335 e. The SMILES string of the molecule is O=C(c1ccc(Br)cc1Cl)N1CCC(O)(C(=O)O)CC1. The second-order valence-electron chi connectivity index (χ2n) is 4.75. The summed E-state index contributed by atoms with van der Waals surface area (Å²) in [5, 5.41) is 19.1. The van der Waals surface area contributed by atoms with Gasteiger partial charge in [-0.1, -0.05) is 27.5 Å². The molecule has 1 saturated heterocycles. The normalized spacial score (nSPS) is 17.9. The molecule has 1 aliphatic heterocycles. The number of carboxylic acid groups (broad SMARTS) is 1. The number of carbonyl (C=O) groups is 2. The highest BCUT2D eigenvalue weighted by Crippen LogP contribution is 2.26. The van der Waals surface area contributed by atoms with Crippen molar-refractivity contribution >= 4 is 39.4 Å². The first kappa shape index (κ1) is 15.3. The van der Waals surface area contributed by atoms with Crippen LogP contribution in [0.3, 0.4) is 0 Å². The van der Waals surface area contributed by atoms with Crippen molar-refractivity contribution in [2.24, 2.45) is 0 Å². The molecule has 0 bridgehead atoms. The van der Waals surface area contributed by atoms with Gasteiger partial charge in [0.25, 0.3) is 5.91 Å². The third-order valence-corrected chi connectivity index (χ3v) is 4.24. The summed E-state index contributed by atoms with van der Waals surface area (Å²) in [5.74, 6) is -1.50. The molecule has 0 unspecified atom stereocenters. The molecule has 0 saturated carbocycles. The van der Waals surface area contributed by atoms with Crippen LogP contribution in [0.25, 0.3) is 0 Å². The van der Waals surface area contributed by atoms with Crippen LogP contribution in [-0.2, 0) is 4.79 Å². The molecule has 7 heteroatoms. The molecule has 1 aromatic carbocycles. The Balaban J connectivity index is 2.11. The Labute approximate surface area is 129 Å². The number of rotatable bonds is 2. The van der Waals surface area contributed by atoms with Gasteiger partial charge < -0.3 is 15.1 Å². The van der Waals surface area contributed by atoms with E-state index in [0.29, 0.717) is 10.6 Å². The van der Waals surface area contributed by atoms with Gasteiger partial charge in [0.1, 0.15) is 0 Å². The fourth-order valence-corrected chi connectivity index (χ4v) is 2.88. The molecule has 1 heterocycles. The fraction of sp³-hybridized carbons (Fsp3) is 0.385. The van der Waals surface area contributed by atoms with Gasteiger partial charge in [-0.3, -0.25) is 4.79 Å². The first-order valence-corrected chi connectivity index (χ1v) is 7.21. The molecule has 1 amide bonds. The van der Waals surface area contributed by atoms with Crippen molar-refractivity contribution in [1.29, 1.82) is 0 Å². The third kappa shape index (κ3) is 2.97. The number of nitrogens with zero attached hydrogens (tertiary/aromatic N) is 1. The van der Waals surface area contributed by atoms with Gasteiger partial charge in [0.15, 0.2) is 5.60 Å². The van der Waals surface area contributed by atoms with E-state index in [0.717, 1.165) is 4.47 Å². The van der Waals surface area contributed by atoms with E-state index in [-0.39, 0.29) is 31.8 Å². The number of aliphatic carboxylic acids is 1. The van der Waals surface area contributed by atoms with E-state index in [9.17, 15) is 14.7 Å². The summed E-state index contributed by atoms with van der Waals surface area (Å²) < 4.78 is 0.776. The number of hydrogen-bond acceptors (Lipinski definition) is 3. The molecule has 1 aromatic rings. The molecule has 0 spiro atoms. The van der Waals surface area contributed by atoms with Crippen LogP contribution >= 0.6 is 27.5 Å². The minimum atomic E-state index is -1.74. The zero-order valence-corrected chi connectivity index (χ0v) is 12.8. The molecule has 0 aromatic heterocycles. The van der Waals surface area contributed by atoms with Gasteiger partial charge in [-0.2, -0.15) is 0 Å². The average Bonchev–Trinajstić information content (AvgIpc) is 2.38. The largest absolute Gasteiger partial charge is 0.479 e. The van der Waals surface area contributed by atoms with E-state index in [1.165, 1.54) is 4.90 Å². The predicted molar refractivity (Wildman–Crippen MR) is 76.9 cm³/mol. The van der Waals surface area contributed by atoms with Crippen molar-refractivity contribution in [2.45, 2.75) is 18.4 Å². The maximum absolute atomic E-state index is 12.3. The summed E-state index contributed by atoms with van der Waals surface area (Å²) in [4.78, 5) is 24.8. The van der Waals surface area contributed by atoms with E-state index < -0.39 is 11.6 Å². The summed E-state index contributed by atoms with van der Waals surface area (Å²) in [7, 11) is 0. The highest BCUT2D eigenvalue weighted by atomic mass is 79.9. The van der Waals surface area contributed by atoms with Crippen molar-refractivity contribution < 1.29 is 19.8 Å². The van der Waals surface area contributed by atoms with Crippen LogP contribution in [0.5, 0.6) is 0 Å². The van der Waals surface area contributed by atoms with Gasteiger partial charge >= 0.3 is 5.97 Å². The molecule has 2 rings (SSSR count). The quantitative estimate of drug-likeness (QED) is 0.845. The lowest BCUT2D eigenvalue weighted by molar-refractivity contribution is -0.162. The van der Waals surface area contributed by atoms with Gasteiger partial charge in [-0.15, -0.1) is 0 Å². The highest BCUT2D eigenvalue weighted by Gasteiger charge is 2.40. The van der Waals surface area contributed by atoms with Crippen molar-refractivity contribution in [3.63, 3.8) is 0 Å². The zero-order valence-electron chi connectivity index (χ0n) is 10.5. The van der Waals surface area contributed by atoms with Gasteiger partial charge in [0.2, 0.25) is 0 Å². The van der Waals surface area contributed by atoms with Crippen molar-refractivity contribution in [3.05, 3.63) is 33.3 Å². The average molecular weight is 363 g/mol. The van der Waals surface area contributed by atoms with E-state index in [1.54, 1.807) is 18.2 Å². The smallest absolute Gasteiger partial charge is 0.335 e. The van der Waals surface area contributed by atoms with Gasteiger partial charge in [-0.25, -0.2) is 4.79 Å². The monoisotopic (exact) mass is 361 g/mol. The number of benzene rings is 1. The number of piperidine rings is 1. The van der Waals surface area contributed by atoms with Crippen LogP contribution in [0.15, 0.2) is 22.7 Å². The lowest BCUT2D eigenvalue weighted by Crippen LogP contribution is -2.50. The van der Waals surface area contributed by atoms with Crippen LogP contribution in [0.1, 0.15) is 23.2 Å². The topological polar surface area (TPSA) is 77.8 Å². The summed E-state index contributed by atoms with van der Waals surface area (Å²) in [6, 6.07) is 4.97. The Bertz CT molecular complexity index is 555. The molecule has 1 fully saturated rings. The molecular weight excluding hydrogens is 350 g/mol. The minimum absolute atomic E-state index is 0.0161. The standard InChI is InChI=1S/C13H13BrClNO4/c14-8-1-2-9(10(15)7-8)11(17)16-5-3-13(20,4-6-16)12(18)19/h1-2,7,20H,3-6H2,(H,18,19). The lowest BCUT2D eigenvalue weighted by atomic mass is 9.91. The summed E-state index contributed by atoms with van der Waals surface area (Å²) in [6.07, 6.45) is 0.0322. The number of carboxylic acids is 1. The molecule has 0 radical (unpaired) electrons. The Morgan fingerprint density at radius 2 is 1.90 bits per heavy atom. The van der Waals surface area contributed by atoms with Crippen LogP contribution in [-0.4, -0.2) is 45.7 Å². The van der Waals surface area contributed by atoms with Gasteiger partial charge in [-0.05, 0) is 18.2 Å². The zero-order chi connectivity index (χ0) is 14.9. The van der Waals surface area contributed by atoms with Gasteiger partial charge in [0, 0.05) is 30.4 Å². The summed E-state index contributed by atoms with van der Waals surface area (Å²) in [6.45, 7) is 0.377. The lowest BCUT2D eigenvalue weighted by Gasteiger charge is -2.35. The summed E-state index contributed by atoms with van der Waals surface area (Å²) >= 11 is 9.29. The Morgan fingerprint density at radius 1 is 1.30 bits per heavy atom. The molecule has 0 aliphatic carbocycles.